The molecule has 6 heteroatoms. The quantitative estimate of drug-likeness (QED) is 0.882. The van der Waals surface area contributed by atoms with Gasteiger partial charge in [-0.05, 0) is 31.0 Å². The molecule has 0 bridgehead atoms. The first kappa shape index (κ1) is 16.0. The number of aromatic carboxylic acids is 1. The second-order valence-electron chi connectivity index (χ2n) is 5.71. The van der Waals surface area contributed by atoms with Crippen LogP contribution in [0.2, 0.25) is 0 Å². The molecular weight excluding hydrogens is 308 g/mol. The van der Waals surface area contributed by atoms with Crippen LogP contribution in [0.1, 0.15) is 39.3 Å². The van der Waals surface area contributed by atoms with Crippen molar-refractivity contribution in [3.63, 3.8) is 0 Å². The molecule has 1 N–H and O–H groups in total. The highest BCUT2D eigenvalue weighted by molar-refractivity contribution is 5.97. The molecule has 0 aliphatic heterocycles. The number of carbonyl (C=O) groups is 2. The lowest BCUT2D eigenvalue weighted by atomic mass is 10.1. The van der Waals surface area contributed by atoms with Crippen LogP contribution in [0.4, 0.5) is 0 Å². The van der Waals surface area contributed by atoms with Gasteiger partial charge in [0.2, 0.25) is 0 Å². The predicted octanol–water partition coefficient (Wildman–Crippen LogP) is 2.59. The van der Waals surface area contributed by atoms with E-state index in [1.165, 1.54) is 12.3 Å². The Morgan fingerprint density at radius 3 is 2.71 bits per heavy atom. The van der Waals surface area contributed by atoms with Gasteiger partial charge in [-0.15, -0.1) is 0 Å². The van der Waals surface area contributed by atoms with E-state index < -0.39 is 5.97 Å². The molecule has 0 unspecified atom stereocenters. The van der Waals surface area contributed by atoms with Gasteiger partial charge >= 0.3 is 5.97 Å². The topological polar surface area (TPSA) is 79.7 Å². The molecule has 0 spiro atoms. The van der Waals surface area contributed by atoms with Crippen molar-refractivity contribution in [2.45, 2.75) is 25.4 Å². The van der Waals surface area contributed by atoms with Gasteiger partial charge in [0, 0.05) is 29.9 Å². The molecule has 0 atom stereocenters. The van der Waals surface area contributed by atoms with Gasteiger partial charge in [0.1, 0.15) is 11.4 Å². The van der Waals surface area contributed by atoms with Gasteiger partial charge in [-0.2, -0.15) is 0 Å². The number of ether oxygens (including phenoxy) is 1. The lowest BCUT2D eigenvalue weighted by Gasteiger charge is -2.23. The van der Waals surface area contributed by atoms with Crippen molar-refractivity contribution in [2.75, 3.05) is 7.11 Å². The van der Waals surface area contributed by atoms with Crippen LogP contribution < -0.4 is 4.74 Å². The van der Waals surface area contributed by atoms with Crippen molar-refractivity contribution in [2.24, 2.45) is 0 Å². The number of pyridine rings is 1. The second kappa shape index (κ2) is 6.70. The highest BCUT2D eigenvalue weighted by Crippen LogP contribution is 2.31. The van der Waals surface area contributed by atoms with Crippen LogP contribution in [0.15, 0.2) is 42.6 Å². The molecule has 24 heavy (non-hydrogen) atoms. The summed E-state index contributed by atoms with van der Waals surface area (Å²) >= 11 is 0. The van der Waals surface area contributed by atoms with E-state index in [9.17, 15) is 9.59 Å². The number of hydrogen-bond donors (Lipinski definition) is 1. The number of carboxylic acid groups (broad SMARTS) is 1. The Bertz CT molecular complexity index is 771. The standard InChI is InChI=1S/C18H18N2O4/c1-24-16-5-3-2-4-13(16)11-20(14-6-7-14)17(21)12-8-9-19-15(10-12)18(22)23/h2-5,8-10,14H,6-7,11H2,1H3,(H,22,23). The number of amides is 1. The van der Waals surface area contributed by atoms with Gasteiger partial charge in [0.05, 0.1) is 7.11 Å². The third-order valence-electron chi connectivity index (χ3n) is 4.01. The van der Waals surface area contributed by atoms with E-state index in [-0.39, 0.29) is 17.6 Å². The molecule has 1 aliphatic rings. The molecule has 0 radical (unpaired) electrons. The fourth-order valence-electron chi connectivity index (χ4n) is 2.62. The predicted molar refractivity (Wildman–Crippen MR) is 87.1 cm³/mol. The number of aromatic nitrogens is 1. The average molecular weight is 326 g/mol. The maximum Gasteiger partial charge on any atom is 0.354 e. The van der Waals surface area contributed by atoms with E-state index in [4.69, 9.17) is 9.84 Å². The van der Waals surface area contributed by atoms with Crippen molar-refractivity contribution < 1.29 is 19.4 Å². The Morgan fingerprint density at radius 2 is 2.04 bits per heavy atom. The van der Waals surface area contributed by atoms with Crippen LogP contribution in [0.5, 0.6) is 5.75 Å². The fraction of sp³-hybridized carbons (Fsp3) is 0.278. The Morgan fingerprint density at radius 1 is 1.29 bits per heavy atom. The number of methoxy groups -OCH3 is 1. The molecular formula is C18H18N2O4. The largest absolute Gasteiger partial charge is 0.496 e. The third-order valence-corrected chi connectivity index (χ3v) is 4.01. The number of benzene rings is 1. The third kappa shape index (κ3) is 3.37. The van der Waals surface area contributed by atoms with E-state index in [1.54, 1.807) is 18.1 Å². The monoisotopic (exact) mass is 326 g/mol. The van der Waals surface area contributed by atoms with Crippen molar-refractivity contribution in [1.82, 2.24) is 9.88 Å². The number of carboxylic acids is 1. The first-order chi connectivity index (χ1) is 11.6. The summed E-state index contributed by atoms with van der Waals surface area (Å²) in [6, 6.07) is 10.6. The maximum absolute atomic E-state index is 12.9. The fourth-order valence-corrected chi connectivity index (χ4v) is 2.62. The van der Waals surface area contributed by atoms with Crippen molar-refractivity contribution in [3.8, 4) is 5.75 Å². The molecule has 2 aromatic rings. The summed E-state index contributed by atoms with van der Waals surface area (Å²) in [5, 5.41) is 9.05. The van der Waals surface area contributed by atoms with Crippen LogP contribution in [-0.4, -0.2) is 40.0 Å². The lowest BCUT2D eigenvalue weighted by molar-refractivity contribution is 0.0690. The lowest BCUT2D eigenvalue weighted by Crippen LogP contribution is -2.33. The first-order valence-electron chi connectivity index (χ1n) is 7.72. The van der Waals surface area contributed by atoms with E-state index in [0.29, 0.717) is 12.1 Å². The van der Waals surface area contributed by atoms with Gasteiger partial charge < -0.3 is 14.7 Å². The Kier molecular flexibility index (Phi) is 4.46. The molecule has 1 aliphatic carbocycles. The van der Waals surface area contributed by atoms with Crippen LogP contribution in [0.25, 0.3) is 0 Å². The number of hydrogen-bond acceptors (Lipinski definition) is 4. The van der Waals surface area contributed by atoms with Gasteiger partial charge in [0.15, 0.2) is 0 Å². The Labute approximate surface area is 139 Å². The number of nitrogens with zero attached hydrogens (tertiary/aromatic N) is 2. The zero-order valence-corrected chi connectivity index (χ0v) is 13.3. The van der Waals surface area contributed by atoms with Crippen molar-refractivity contribution in [1.29, 1.82) is 0 Å². The number of carbonyl (C=O) groups excluding carboxylic acids is 1. The minimum absolute atomic E-state index is 0.131. The van der Waals surface area contributed by atoms with E-state index in [0.717, 1.165) is 24.2 Å². The molecule has 1 aromatic carbocycles. The zero-order valence-electron chi connectivity index (χ0n) is 13.3. The summed E-state index contributed by atoms with van der Waals surface area (Å²) in [4.78, 5) is 29.5. The highest BCUT2D eigenvalue weighted by Gasteiger charge is 2.33. The summed E-state index contributed by atoms with van der Waals surface area (Å²) in [6.45, 7) is 0.429. The van der Waals surface area contributed by atoms with Crippen LogP contribution in [-0.2, 0) is 6.54 Å². The molecule has 1 fully saturated rings. The van der Waals surface area contributed by atoms with Gasteiger partial charge in [0.25, 0.3) is 5.91 Å². The van der Waals surface area contributed by atoms with Gasteiger partial charge in [-0.25, -0.2) is 9.78 Å². The molecule has 1 aromatic heterocycles. The first-order valence-corrected chi connectivity index (χ1v) is 7.72. The minimum Gasteiger partial charge on any atom is -0.496 e. The van der Waals surface area contributed by atoms with E-state index >= 15 is 0 Å². The molecule has 1 heterocycles. The minimum atomic E-state index is -1.15. The molecule has 6 nitrogen and oxygen atoms in total. The van der Waals surface area contributed by atoms with Crippen LogP contribution >= 0.6 is 0 Å². The normalized spacial score (nSPS) is 13.4. The van der Waals surface area contributed by atoms with Gasteiger partial charge in [-0.3, -0.25) is 4.79 Å². The summed E-state index contributed by atoms with van der Waals surface area (Å²) < 4.78 is 5.36. The molecule has 124 valence electrons. The smallest absolute Gasteiger partial charge is 0.354 e. The van der Waals surface area contributed by atoms with Crippen molar-refractivity contribution in [3.05, 3.63) is 59.4 Å². The summed E-state index contributed by atoms with van der Waals surface area (Å²) in [5.74, 6) is -0.599. The van der Waals surface area contributed by atoms with E-state index in [1.807, 2.05) is 24.3 Å². The van der Waals surface area contributed by atoms with Crippen LogP contribution in [0.3, 0.4) is 0 Å². The summed E-state index contributed by atoms with van der Waals surface area (Å²) in [7, 11) is 1.60. The highest BCUT2D eigenvalue weighted by atomic mass is 16.5. The Balaban J connectivity index is 1.87. The van der Waals surface area contributed by atoms with Crippen molar-refractivity contribution >= 4 is 11.9 Å². The molecule has 3 rings (SSSR count). The SMILES string of the molecule is COc1ccccc1CN(C(=O)c1ccnc(C(=O)O)c1)C1CC1. The molecule has 1 amide bonds. The average Bonchev–Trinajstić information content (AvgIpc) is 3.44. The molecule has 0 saturated heterocycles. The number of para-hydroxylation sites is 1. The summed E-state index contributed by atoms with van der Waals surface area (Å²) in [5.41, 5.74) is 1.13. The summed E-state index contributed by atoms with van der Waals surface area (Å²) in [6.07, 6.45) is 3.26. The van der Waals surface area contributed by atoms with Gasteiger partial charge in [-0.1, -0.05) is 18.2 Å². The molecule has 1 saturated carbocycles. The van der Waals surface area contributed by atoms with E-state index in [2.05, 4.69) is 4.98 Å². The maximum atomic E-state index is 12.9. The number of rotatable bonds is 6. The second-order valence-corrected chi connectivity index (χ2v) is 5.71. The zero-order chi connectivity index (χ0) is 17.1. The van der Waals surface area contributed by atoms with Crippen LogP contribution in [0, 0.1) is 0 Å². The Hall–Kier alpha value is -2.89.